The number of benzene rings is 1. The quantitative estimate of drug-likeness (QED) is 0.797. The summed E-state index contributed by atoms with van der Waals surface area (Å²) in [4.78, 5) is 0. The number of hydrogen-bond donors (Lipinski definition) is 2. The van der Waals surface area contributed by atoms with Crippen molar-refractivity contribution in [2.24, 2.45) is 5.73 Å². The molecule has 2 unspecified atom stereocenters. The van der Waals surface area contributed by atoms with Crippen LogP contribution >= 0.6 is 0 Å². The third-order valence-corrected chi connectivity index (χ3v) is 3.28. The van der Waals surface area contributed by atoms with Gasteiger partial charge in [0.1, 0.15) is 0 Å². The van der Waals surface area contributed by atoms with Gasteiger partial charge in [-0.15, -0.1) is 0 Å². The predicted molar refractivity (Wildman–Crippen MR) is 71.6 cm³/mol. The van der Waals surface area contributed by atoms with Crippen LogP contribution in [0.5, 0.6) is 0 Å². The molecule has 0 saturated carbocycles. The number of nitrogens with two attached hydrogens (primary N) is 1. The minimum Gasteiger partial charge on any atom is -0.383 e. The highest BCUT2D eigenvalue weighted by Gasteiger charge is 2.18. The van der Waals surface area contributed by atoms with Crippen LogP contribution in [0.4, 0.5) is 5.69 Å². The van der Waals surface area contributed by atoms with Gasteiger partial charge in [0.2, 0.25) is 0 Å². The molecule has 0 spiro atoms. The van der Waals surface area contributed by atoms with Crippen LogP contribution < -0.4 is 11.1 Å². The summed E-state index contributed by atoms with van der Waals surface area (Å²) in [5, 5.41) is 3.47. The highest BCUT2D eigenvalue weighted by atomic mass is 14.9. The van der Waals surface area contributed by atoms with E-state index in [-0.39, 0.29) is 5.54 Å². The SMILES string of the molecule is CCC(C)Nc1cccc(C(C)(N)CC)c1. The maximum atomic E-state index is 6.24. The van der Waals surface area contributed by atoms with Crippen molar-refractivity contribution in [2.45, 2.75) is 52.1 Å². The molecule has 0 aliphatic heterocycles. The first kappa shape index (κ1) is 13.0. The summed E-state index contributed by atoms with van der Waals surface area (Å²) < 4.78 is 0. The van der Waals surface area contributed by atoms with Crippen molar-refractivity contribution in [1.29, 1.82) is 0 Å². The molecule has 2 atom stereocenters. The molecule has 0 aliphatic carbocycles. The minimum atomic E-state index is -0.229. The number of hydrogen-bond acceptors (Lipinski definition) is 2. The second-order valence-electron chi connectivity index (χ2n) is 4.81. The van der Waals surface area contributed by atoms with Gasteiger partial charge in [-0.2, -0.15) is 0 Å². The normalized spacial score (nSPS) is 16.6. The summed E-state index contributed by atoms with van der Waals surface area (Å²) in [6, 6.07) is 8.93. The van der Waals surface area contributed by atoms with Crippen LogP contribution in [0.3, 0.4) is 0 Å². The molecule has 0 fully saturated rings. The lowest BCUT2D eigenvalue weighted by Gasteiger charge is -2.24. The van der Waals surface area contributed by atoms with Crippen molar-refractivity contribution in [3.8, 4) is 0 Å². The van der Waals surface area contributed by atoms with Gasteiger partial charge in [-0.05, 0) is 44.4 Å². The van der Waals surface area contributed by atoms with Gasteiger partial charge in [0.15, 0.2) is 0 Å². The molecule has 0 aromatic heterocycles. The average molecular weight is 220 g/mol. The van der Waals surface area contributed by atoms with Crippen LogP contribution in [0.1, 0.15) is 46.1 Å². The third kappa shape index (κ3) is 3.24. The molecule has 0 amide bonds. The van der Waals surface area contributed by atoms with Gasteiger partial charge in [-0.3, -0.25) is 0 Å². The van der Waals surface area contributed by atoms with E-state index in [1.54, 1.807) is 0 Å². The average Bonchev–Trinajstić information content (AvgIpc) is 2.29. The van der Waals surface area contributed by atoms with E-state index in [4.69, 9.17) is 5.73 Å². The fourth-order valence-electron chi connectivity index (χ4n) is 1.55. The summed E-state index contributed by atoms with van der Waals surface area (Å²) in [6.45, 7) is 8.57. The lowest BCUT2D eigenvalue weighted by Crippen LogP contribution is -2.32. The zero-order valence-corrected chi connectivity index (χ0v) is 10.9. The molecule has 0 aliphatic rings. The largest absolute Gasteiger partial charge is 0.383 e. The molecule has 0 heterocycles. The molecular formula is C14H24N2. The zero-order valence-electron chi connectivity index (χ0n) is 10.9. The van der Waals surface area contributed by atoms with Crippen LogP contribution in [0, 0.1) is 0 Å². The Labute approximate surface area is 99.2 Å². The number of anilines is 1. The Hall–Kier alpha value is -1.02. The highest BCUT2D eigenvalue weighted by Crippen LogP contribution is 2.24. The Morgan fingerprint density at radius 1 is 1.38 bits per heavy atom. The van der Waals surface area contributed by atoms with E-state index in [2.05, 4.69) is 57.3 Å². The van der Waals surface area contributed by atoms with Gasteiger partial charge in [0.05, 0.1) is 0 Å². The standard InChI is InChI=1S/C14H24N2/c1-5-11(3)16-13-9-7-8-12(10-13)14(4,15)6-2/h7-11,16H,5-6,15H2,1-4H3. The summed E-state index contributed by atoms with van der Waals surface area (Å²) in [5.41, 5.74) is 8.37. The monoisotopic (exact) mass is 220 g/mol. The first-order valence-electron chi connectivity index (χ1n) is 6.15. The summed E-state index contributed by atoms with van der Waals surface area (Å²) >= 11 is 0. The predicted octanol–water partition coefficient (Wildman–Crippen LogP) is 3.48. The Balaban J connectivity index is 2.87. The van der Waals surface area contributed by atoms with E-state index in [1.165, 1.54) is 5.56 Å². The van der Waals surface area contributed by atoms with E-state index < -0.39 is 0 Å². The van der Waals surface area contributed by atoms with Gasteiger partial charge in [0.25, 0.3) is 0 Å². The molecule has 0 bridgehead atoms. The lowest BCUT2D eigenvalue weighted by atomic mass is 9.90. The molecular weight excluding hydrogens is 196 g/mol. The number of rotatable bonds is 5. The van der Waals surface area contributed by atoms with Gasteiger partial charge < -0.3 is 11.1 Å². The van der Waals surface area contributed by atoms with Crippen LogP contribution in [-0.4, -0.2) is 6.04 Å². The van der Waals surface area contributed by atoms with Gasteiger partial charge in [-0.1, -0.05) is 26.0 Å². The maximum absolute atomic E-state index is 6.24. The Morgan fingerprint density at radius 3 is 2.62 bits per heavy atom. The zero-order chi connectivity index (χ0) is 12.2. The van der Waals surface area contributed by atoms with Crippen LogP contribution in [0.15, 0.2) is 24.3 Å². The van der Waals surface area contributed by atoms with Gasteiger partial charge >= 0.3 is 0 Å². The second-order valence-corrected chi connectivity index (χ2v) is 4.81. The smallest absolute Gasteiger partial charge is 0.0379 e. The van der Waals surface area contributed by atoms with Crippen molar-refractivity contribution in [3.05, 3.63) is 29.8 Å². The van der Waals surface area contributed by atoms with Crippen LogP contribution in [0.25, 0.3) is 0 Å². The van der Waals surface area contributed by atoms with Crippen molar-refractivity contribution < 1.29 is 0 Å². The molecule has 2 nitrogen and oxygen atoms in total. The third-order valence-electron chi connectivity index (χ3n) is 3.28. The molecule has 90 valence electrons. The van der Waals surface area contributed by atoms with Crippen molar-refractivity contribution in [3.63, 3.8) is 0 Å². The lowest BCUT2D eigenvalue weighted by molar-refractivity contribution is 0.476. The topological polar surface area (TPSA) is 38.0 Å². The molecule has 3 N–H and O–H groups in total. The van der Waals surface area contributed by atoms with Crippen molar-refractivity contribution in [1.82, 2.24) is 0 Å². The molecule has 0 saturated heterocycles. The van der Waals surface area contributed by atoms with Crippen LogP contribution in [-0.2, 0) is 5.54 Å². The highest BCUT2D eigenvalue weighted by molar-refractivity contribution is 5.48. The van der Waals surface area contributed by atoms with E-state index >= 15 is 0 Å². The first-order chi connectivity index (χ1) is 7.49. The molecule has 0 radical (unpaired) electrons. The van der Waals surface area contributed by atoms with Crippen LogP contribution in [0.2, 0.25) is 0 Å². The van der Waals surface area contributed by atoms with Crippen molar-refractivity contribution in [2.75, 3.05) is 5.32 Å². The summed E-state index contributed by atoms with van der Waals surface area (Å²) in [6.07, 6.45) is 2.07. The van der Waals surface area contributed by atoms with Gasteiger partial charge in [0, 0.05) is 17.3 Å². The molecule has 1 aromatic carbocycles. The van der Waals surface area contributed by atoms with Gasteiger partial charge in [-0.25, -0.2) is 0 Å². The fraction of sp³-hybridized carbons (Fsp3) is 0.571. The molecule has 16 heavy (non-hydrogen) atoms. The fourth-order valence-corrected chi connectivity index (χ4v) is 1.55. The summed E-state index contributed by atoms with van der Waals surface area (Å²) in [7, 11) is 0. The maximum Gasteiger partial charge on any atom is 0.0379 e. The van der Waals surface area contributed by atoms with Crippen molar-refractivity contribution >= 4 is 5.69 Å². The Kier molecular flexibility index (Phi) is 4.36. The minimum absolute atomic E-state index is 0.229. The Morgan fingerprint density at radius 2 is 2.06 bits per heavy atom. The number of nitrogens with one attached hydrogen (secondary N) is 1. The van der Waals surface area contributed by atoms with E-state index in [0.29, 0.717) is 6.04 Å². The second kappa shape index (κ2) is 5.35. The molecule has 1 rings (SSSR count). The van der Waals surface area contributed by atoms with E-state index in [0.717, 1.165) is 18.5 Å². The van der Waals surface area contributed by atoms with E-state index in [9.17, 15) is 0 Å². The summed E-state index contributed by atoms with van der Waals surface area (Å²) in [5.74, 6) is 0. The Bertz CT molecular complexity index is 331. The first-order valence-corrected chi connectivity index (χ1v) is 6.15. The van der Waals surface area contributed by atoms with E-state index in [1.807, 2.05) is 0 Å². The molecule has 2 heteroatoms. The molecule has 1 aromatic rings.